The molecular weight excluding hydrogens is 276 g/mol. The molecule has 22 heavy (non-hydrogen) atoms. The first-order valence-corrected chi connectivity index (χ1v) is 6.92. The maximum absolute atomic E-state index is 12.4. The number of aromatic nitrogens is 2. The van der Waals surface area contributed by atoms with Crippen molar-refractivity contribution in [3.63, 3.8) is 0 Å². The summed E-state index contributed by atoms with van der Waals surface area (Å²) < 4.78 is 1.55. The molecule has 0 radical (unpaired) electrons. The molecule has 0 atom stereocenters. The summed E-state index contributed by atoms with van der Waals surface area (Å²) in [6.45, 7) is 1.94. The minimum atomic E-state index is -0.269. The van der Waals surface area contributed by atoms with Crippen molar-refractivity contribution in [1.29, 1.82) is 0 Å². The van der Waals surface area contributed by atoms with Crippen molar-refractivity contribution in [3.8, 4) is 5.69 Å². The van der Waals surface area contributed by atoms with E-state index in [1.54, 1.807) is 4.68 Å². The van der Waals surface area contributed by atoms with Gasteiger partial charge in [-0.15, -0.1) is 0 Å². The molecule has 0 aliphatic rings. The fraction of sp³-hybridized carbons (Fsp3) is 0.0588. The predicted octanol–water partition coefficient (Wildman–Crippen LogP) is 3.02. The highest BCUT2D eigenvalue weighted by atomic mass is 16.1. The summed E-state index contributed by atoms with van der Waals surface area (Å²) >= 11 is 0. The zero-order chi connectivity index (χ0) is 15.5. The van der Waals surface area contributed by atoms with Gasteiger partial charge >= 0.3 is 0 Å². The van der Waals surface area contributed by atoms with Crippen molar-refractivity contribution in [3.05, 3.63) is 71.9 Å². The van der Waals surface area contributed by atoms with Crippen LogP contribution in [0.2, 0.25) is 0 Å². The Balaban J connectivity index is 1.89. The van der Waals surface area contributed by atoms with Gasteiger partial charge in [-0.3, -0.25) is 4.79 Å². The Morgan fingerprint density at radius 3 is 2.50 bits per heavy atom. The highest BCUT2D eigenvalue weighted by Gasteiger charge is 2.16. The van der Waals surface area contributed by atoms with Crippen LogP contribution in [0.3, 0.4) is 0 Å². The molecule has 1 amide bonds. The molecule has 0 saturated heterocycles. The van der Waals surface area contributed by atoms with Gasteiger partial charge in [0.25, 0.3) is 5.91 Å². The summed E-state index contributed by atoms with van der Waals surface area (Å²) in [4.78, 5) is 12.4. The lowest BCUT2D eigenvalue weighted by Gasteiger charge is -2.08. The molecular formula is C17H16N4O. The second-order valence-electron chi connectivity index (χ2n) is 4.96. The van der Waals surface area contributed by atoms with E-state index in [9.17, 15) is 4.79 Å². The van der Waals surface area contributed by atoms with E-state index in [-0.39, 0.29) is 5.91 Å². The van der Waals surface area contributed by atoms with Crippen molar-refractivity contribution in [2.45, 2.75) is 6.92 Å². The number of anilines is 2. The van der Waals surface area contributed by atoms with Gasteiger partial charge in [-0.05, 0) is 30.7 Å². The number of carbonyl (C=O) groups is 1. The first-order valence-electron chi connectivity index (χ1n) is 6.92. The molecule has 0 bridgehead atoms. The van der Waals surface area contributed by atoms with Gasteiger partial charge in [0.2, 0.25) is 0 Å². The van der Waals surface area contributed by atoms with E-state index in [0.717, 1.165) is 16.9 Å². The largest absolute Gasteiger partial charge is 0.383 e. The van der Waals surface area contributed by atoms with Crippen LogP contribution in [0, 0.1) is 6.92 Å². The van der Waals surface area contributed by atoms with Gasteiger partial charge in [-0.25, -0.2) is 4.68 Å². The third-order valence-electron chi connectivity index (χ3n) is 3.45. The summed E-state index contributed by atoms with van der Waals surface area (Å²) in [5.74, 6) is 0.0475. The highest BCUT2D eigenvalue weighted by molar-refractivity contribution is 6.07. The van der Waals surface area contributed by atoms with E-state index in [1.807, 2.05) is 61.5 Å². The normalized spacial score (nSPS) is 10.4. The topological polar surface area (TPSA) is 72.9 Å². The molecule has 5 heteroatoms. The van der Waals surface area contributed by atoms with Gasteiger partial charge in [0.05, 0.1) is 11.9 Å². The standard InChI is InChI=1S/C17H16N4O/c1-12-7-5-6-10-15(12)20-17(22)14-11-19-21(16(14)18)13-8-3-2-4-9-13/h2-11H,18H2,1H3,(H,20,22). The summed E-state index contributed by atoms with van der Waals surface area (Å²) in [6, 6.07) is 17.0. The zero-order valence-corrected chi connectivity index (χ0v) is 12.2. The SMILES string of the molecule is Cc1ccccc1NC(=O)c1cnn(-c2ccccc2)c1N. The van der Waals surface area contributed by atoms with Gasteiger partial charge in [0, 0.05) is 5.69 Å². The molecule has 3 N–H and O–H groups in total. The molecule has 0 aliphatic carbocycles. The van der Waals surface area contributed by atoms with Crippen LogP contribution in [0.5, 0.6) is 0 Å². The van der Waals surface area contributed by atoms with Crippen LogP contribution in [0.4, 0.5) is 11.5 Å². The third kappa shape index (κ3) is 2.56. The Labute approximate surface area is 128 Å². The first-order chi connectivity index (χ1) is 10.7. The number of rotatable bonds is 3. The molecule has 0 saturated carbocycles. The second-order valence-corrected chi connectivity index (χ2v) is 4.96. The van der Waals surface area contributed by atoms with Crippen molar-refractivity contribution >= 4 is 17.4 Å². The van der Waals surface area contributed by atoms with E-state index in [1.165, 1.54) is 6.20 Å². The Hall–Kier alpha value is -3.08. The van der Waals surface area contributed by atoms with Gasteiger partial charge < -0.3 is 11.1 Å². The highest BCUT2D eigenvalue weighted by Crippen LogP contribution is 2.19. The van der Waals surface area contributed by atoms with Crippen LogP contribution in [0.25, 0.3) is 5.69 Å². The molecule has 110 valence electrons. The lowest BCUT2D eigenvalue weighted by atomic mass is 10.2. The molecule has 3 rings (SSSR count). The van der Waals surface area contributed by atoms with Crippen molar-refractivity contribution in [2.24, 2.45) is 0 Å². The van der Waals surface area contributed by atoms with E-state index < -0.39 is 0 Å². The van der Waals surface area contributed by atoms with Gasteiger partial charge in [-0.2, -0.15) is 5.10 Å². The Morgan fingerprint density at radius 2 is 1.77 bits per heavy atom. The lowest BCUT2D eigenvalue weighted by molar-refractivity contribution is 0.102. The molecule has 1 aromatic heterocycles. The molecule has 0 fully saturated rings. The van der Waals surface area contributed by atoms with Crippen LogP contribution in [0.1, 0.15) is 15.9 Å². The zero-order valence-electron chi connectivity index (χ0n) is 12.2. The Kier molecular flexibility index (Phi) is 3.62. The Morgan fingerprint density at radius 1 is 1.09 bits per heavy atom. The van der Waals surface area contributed by atoms with Crippen molar-refractivity contribution in [1.82, 2.24) is 9.78 Å². The van der Waals surface area contributed by atoms with Crippen molar-refractivity contribution in [2.75, 3.05) is 11.1 Å². The number of amides is 1. The van der Waals surface area contributed by atoms with E-state index in [4.69, 9.17) is 5.73 Å². The number of hydrogen-bond donors (Lipinski definition) is 2. The number of benzene rings is 2. The number of para-hydroxylation sites is 2. The molecule has 3 aromatic rings. The minimum Gasteiger partial charge on any atom is -0.383 e. The van der Waals surface area contributed by atoms with E-state index >= 15 is 0 Å². The summed E-state index contributed by atoms with van der Waals surface area (Å²) in [5, 5.41) is 7.06. The van der Waals surface area contributed by atoms with Crippen molar-refractivity contribution < 1.29 is 4.79 Å². The molecule has 0 aliphatic heterocycles. The average Bonchev–Trinajstić information content (AvgIpc) is 2.92. The minimum absolute atomic E-state index is 0.269. The average molecular weight is 292 g/mol. The second kappa shape index (κ2) is 5.73. The van der Waals surface area contributed by atoms with E-state index in [2.05, 4.69) is 10.4 Å². The molecule has 5 nitrogen and oxygen atoms in total. The predicted molar refractivity (Wildman–Crippen MR) is 87.1 cm³/mol. The van der Waals surface area contributed by atoms with Crippen LogP contribution < -0.4 is 11.1 Å². The van der Waals surface area contributed by atoms with Crippen LogP contribution in [-0.4, -0.2) is 15.7 Å². The monoisotopic (exact) mass is 292 g/mol. The first kappa shape index (κ1) is 13.9. The third-order valence-corrected chi connectivity index (χ3v) is 3.45. The summed E-state index contributed by atoms with van der Waals surface area (Å²) in [6.07, 6.45) is 1.48. The fourth-order valence-corrected chi connectivity index (χ4v) is 2.21. The molecule has 0 spiro atoms. The number of nitrogens with two attached hydrogens (primary N) is 1. The van der Waals surface area contributed by atoms with Crippen LogP contribution in [0.15, 0.2) is 60.8 Å². The maximum atomic E-state index is 12.4. The molecule has 2 aromatic carbocycles. The van der Waals surface area contributed by atoms with E-state index in [0.29, 0.717) is 11.4 Å². The van der Waals surface area contributed by atoms with Gasteiger partial charge in [0.15, 0.2) is 0 Å². The number of carbonyl (C=O) groups excluding carboxylic acids is 1. The number of nitrogens with zero attached hydrogens (tertiary/aromatic N) is 2. The maximum Gasteiger partial charge on any atom is 0.261 e. The van der Waals surface area contributed by atoms with Crippen LogP contribution in [-0.2, 0) is 0 Å². The van der Waals surface area contributed by atoms with Gasteiger partial charge in [-0.1, -0.05) is 36.4 Å². The quantitative estimate of drug-likeness (QED) is 0.779. The number of hydrogen-bond acceptors (Lipinski definition) is 3. The van der Waals surface area contributed by atoms with Crippen LogP contribution >= 0.6 is 0 Å². The smallest absolute Gasteiger partial charge is 0.261 e. The summed E-state index contributed by atoms with van der Waals surface area (Å²) in [5.41, 5.74) is 8.99. The Bertz CT molecular complexity index is 809. The fourth-order valence-electron chi connectivity index (χ4n) is 2.21. The lowest BCUT2D eigenvalue weighted by Crippen LogP contribution is -2.14. The summed E-state index contributed by atoms with van der Waals surface area (Å²) in [7, 11) is 0. The number of aryl methyl sites for hydroxylation is 1. The molecule has 1 heterocycles. The van der Waals surface area contributed by atoms with Gasteiger partial charge in [0.1, 0.15) is 11.4 Å². The molecule has 0 unspecified atom stereocenters. The number of nitrogen functional groups attached to an aromatic ring is 1. The number of nitrogens with one attached hydrogen (secondary N) is 1.